The van der Waals surface area contributed by atoms with Crippen LogP contribution in [0.4, 0.5) is 15.1 Å². The summed E-state index contributed by atoms with van der Waals surface area (Å²) < 4.78 is 34.5. The van der Waals surface area contributed by atoms with Gasteiger partial charge in [0.15, 0.2) is 11.5 Å². The van der Waals surface area contributed by atoms with E-state index in [-0.39, 0.29) is 11.6 Å². The highest BCUT2D eigenvalue weighted by molar-refractivity contribution is 5.92. The van der Waals surface area contributed by atoms with E-state index in [1.165, 1.54) is 12.1 Å². The largest absolute Gasteiger partial charge is 0.493 e. The number of halogens is 1. The number of benzene rings is 3. The Balaban J connectivity index is 1.43. The first kappa shape index (κ1) is 33.3. The van der Waals surface area contributed by atoms with Gasteiger partial charge in [-0.2, -0.15) is 5.26 Å². The van der Waals surface area contributed by atoms with Crippen molar-refractivity contribution in [1.29, 1.82) is 5.26 Å². The molecule has 2 aromatic heterocycles. The van der Waals surface area contributed by atoms with Crippen LogP contribution in [0.5, 0.6) is 11.5 Å². The fourth-order valence-electron chi connectivity index (χ4n) is 6.00. The van der Waals surface area contributed by atoms with Crippen LogP contribution in [0, 0.1) is 24.1 Å². The number of rotatable bonds is 8. The summed E-state index contributed by atoms with van der Waals surface area (Å²) >= 11 is 0. The number of anilines is 1. The van der Waals surface area contributed by atoms with Gasteiger partial charge in [-0.25, -0.2) is 19.2 Å². The number of nitriles is 1. The monoisotopic (exact) mass is 662 g/mol. The van der Waals surface area contributed by atoms with Crippen LogP contribution in [0.25, 0.3) is 28.0 Å². The first-order valence-electron chi connectivity index (χ1n) is 16.2. The summed E-state index contributed by atoms with van der Waals surface area (Å²) in [6.07, 6.45) is 2.72. The molecule has 1 fully saturated rings. The van der Waals surface area contributed by atoms with E-state index in [9.17, 15) is 10.1 Å². The van der Waals surface area contributed by atoms with E-state index < -0.39 is 17.5 Å². The van der Waals surface area contributed by atoms with Gasteiger partial charge in [-0.15, -0.1) is 0 Å². The van der Waals surface area contributed by atoms with Crippen LogP contribution in [0.3, 0.4) is 0 Å². The lowest BCUT2D eigenvalue weighted by Gasteiger charge is -2.34. The Labute approximate surface area is 285 Å². The number of amides is 1. The zero-order chi connectivity index (χ0) is 34.7. The Hall–Kier alpha value is -5.63. The number of carbonyl (C=O) groups is 1. The Morgan fingerprint density at radius 2 is 1.78 bits per heavy atom. The predicted molar refractivity (Wildman–Crippen MR) is 185 cm³/mol. The van der Waals surface area contributed by atoms with Crippen molar-refractivity contribution in [3.63, 3.8) is 0 Å². The van der Waals surface area contributed by atoms with Gasteiger partial charge < -0.3 is 24.4 Å². The Morgan fingerprint density at radius 3 is 2.45 bits per heavy atom. The molecule has 1 saturated heterocycles. The number of methoxy groups -OCH3 is 1. The summed E-state index contributed by atoms with van der Waals surface area (Å²) in [7, 11) is 1.59. The zero-order valence-corrected chi connectivity index (χ0v) is 28.3. The summed E-state index contributed by atoms with van der Waals surface area (Å²) in [5.41, 5.74) is 4.31. The fourth-order valence-corrected chi connectivity index (χ4v) is 6.00. The molecular formula is C38H39FN6O4. The number of alkyl carbamates (subject to hydrolysis) is 1. The average Bonchev–Trinajstić information content (AvgIpc) is 3.47. The number of aromatic nitrogens is 3. The molecule has 0 unspecified atom stereocenters. The molecule has 5 aromatic rings. The maximum Gasteiger partial charge on any atom is 0.407 e. The summed E-state index contributed by atoms with van der Waals surface area (Å²) in [4.78, 5) is 24.7. The van der Waals surface area contributed by atoms with Gasteiger partial charge >= 0.3 is 6.09 Å². The molecule has 49 heavy (non-hydrogen) atoms. The number of nitrogens with one attached hydrogen (secondary N) is 1. The predicted octanol–water partition coefficient (Wildman–Crippen LogP) is 7.46. The van der Waals surface area contributed by atoms with Crippen LogP contribution in [-0.4, -0.2) is 52.3 Å². The van der Waals surface area contributed by atoms with Gasteiger partial charge in [0.2, 0.25) is 5.95 Å². The number of imidazole rings is 1. The summed E-state index contributed by atoms with van der Waals surface area (Å²) in [6, 6.07) is 21.8. The molecule has 11 heteroatoms. The smallest absolute Gasteiger partial charge is 0.407 e. The molecule has 3 aromatic carbocycles. The van der Waals surface area contributed by atoms with Crippen molar-refractivity contribution in [2.45, 2.75) is 58.8 Å². The second-order valence-electron chi connectivity index (χ2n) is 13.0. The number of piperidine rings is 1. The van der Waals surface area contributed by atoms with E-state index in [1.54, 1.807) is 19.4 Å². The van der Waals surface area contributed by atoms with Crippen molar-refractivity contribution in [2.24, 2.45) is 0 Å². The number of carbonyl (C=O) groups excluding carboxylic acids is 1. The maximum absolute atomic E-state index is 15.2. The second-order valence-corrected chi connectivity index (χ2v) is 13.0. The Morgan fingerprint density at radius 1 is 1.04 bits per heavy atom. The van der Waals surface area contributed by atoms with Crippen molar-refractivity contribution in [3.05, 3.63) is 95.6 Å². The van der Waals surface area contributed by atoms with Crippen molar-refractivity contribution >= 4 is 17.7 Å². The Kier molecular flexibility index (Phi) is 9.40. The van der Waals surface area contributed by atoms with Gasteiger partial charge in [-0.05, 0) is 75.9 Å². The molecule has 10 nitrogen and oxygen atoms in total. The van der Waals surface area contributed by atoms with E-state index in [4.69, 9.17) is 24.2 Å². The minimum absolute atomic E-state index is 0.0505. The SMILES string of the molecule is COc1ccc(-c2c(-c3ccc(C#N)c(F)c3)nc(N3CCC(NC(=O)OC(C)(C)C)CC3)n3c(C)cnc23)cc1OCc1ccccc1. The minimum Gasteiger partial charge on any atom is -0.493 e. The topological polar surface area (TPSA) is 114 Å². The van der Waals surface area contributed by atoms with E-state index in [0.29, 0.717) is 72.5 Å². The molecular weight excluding hydrogens is 623 g/mol. The fraction of sp³-hybridized carbons (Fsp3) is 0.316. The van der Waals surface area contributed by atoms with Gasteiger partial charge in [-0.1, -0.05) is 42.5 Å². The van der Waals surface area contributed by atoms with E-state index in [2.05, 4.69) is 10.2 Å². The number of hydrogen-bond donors (Lipinski definition) is 1. The van der Waals surface area contributed by atoms with Crippen molar-refractivity contribution in [1.82, 2.24) is 19.7 Å². The first-order chi connectivity index (χ1) is 23.5. The average molecular weight is 663 g/mol. The summed E-state index contributed by atoms with van der Waals surface area (Å²) in [6.45, 7) is 9.04. The number of hydrogen-bond acceptors (Lipinski definition) is 8. The van der Waals surface area contributed by atoms with Crippen molar-refractivity contribution in [2.75, 3.05) is 25.1 Å². The lowest BCUT2D eigenvalue weighted by molar-refractivity contribution is 0.0497. The summed E-state index contributed by atoms with van der Waals surface area (Å²) in [5, 5.41) is 12.4. The number of fused-ring (bicyclic) bond motifs is 1. The molecule has 0 bridgehead atoms. The van der Waals surface area contributed by atoms with Crippen LogP contribution >= 0.6 is 0 Å². The van der Waals surface area contributed by atoms with E-state index in [0.717, 1.165) is 16.8 Å². The standard InChI is InChI=1S/C38H39FN6O4/c1-24-22-41-35-33(26-13-14-31(47-5)32(20-26)48-23-25-9-7-6-8-10-25)34(27-11-12-28(21-40)30(39)19-27)43-36(45(24)35)44-17-15-29(16-18-44)42-37(46)49-38(2,3)4/h6-14,19-20,22,29H,15-18,23H2,1-5H3,(H,42,46). The van der Waals surface area contributed by atoms with Crippen LogP contribution in [0.1, 0.15) is 50.4 Å². The lowest BCUT2D eigenvalue weighted by Crippen LogP contribution is -2.46. The molecule has 0 saturated carbocycles. The third-order valence-electron chi connectivity index (χ3n) is 8.36. The summed E-state index contributed by atoms with van der Waals surface area (Å²) in [5.74, 6) is 1.11. The number of aryl methyl sites for hydroxylation is 1. The minimum atomic E-state index is -0.635. The molecule has 6 rings (SSSR count). The third-order valence-corrected chi connectivity index (χ3v) is 8.36. The molecule has 1 aliphatic rings. The lowest BCUT2D eigenvalue weighted by atomic mass is 9.98. The highest BCUT2D eigenvalue weighted by Gasteiger charge is 2.28. The second kappa shape index (κ2) is 13.8. The third kappa shape index (κ3) is 7.28. The zero-order valence-electron chi connectivity index (χ0n) is 28.3. The van der Waals surface area contributed by atoms with Crippen LogP contribution in [0.2, 0.25) is 0 Å². The van der Waals surface area contributed by atoms with E-state index in [1.807, 2.05) is 86.7 Å². The highest BCUT2D eigenvalue weighted by atomic mass is 19.1. The first-order valence-corrected chi connectivity index (χ1v) is 16.2. The normalized spacial score (nSPS) is 13.6. The van der Waals surface area contributed by atoms with Gasteiger partial charge in [0.25, 0.3) is 0 Å². The van der Waals surface area contributed by atoms with Crippen molar-refractivity contribution < 1.29 is 23.4 Å². The molecule has 1 N–H and O–H groups in total. The highest BCUT2D eigenvalue weighted by Crippen LogP contribution is 2.41. The van der Waals surface area contributed by atoms with Gasteiger partial charge in [-0.3, -0.25) is 4.40 Å². The van der Waals surface area contributed by atoms with Gasteiger partial charge in [0.05, 0.1) is 23.9 Å². The van der Waals surface area contributed by atoms with Crippen LogP contribution in [-0.2, 0) is 11.3 Å². The molecule has 3 heterocycles. The molecule has 1 aliphatic heterocycles. The van der Waals surface area contributed by atoms with Crippen molar-refractivity contribution in [3.8, 4) is 40.0 Å². The molecule has 0 atom stereocenters. The molecule has 1 amide bonds. The number of ether oxygens (including phenoxy) is 3. The molecule has 0 aliphatic carbocycles. The number of nitrogens with zero attached hydrogens (tertiary/aromatic N) is 5. The van der Waals surface area contributed by atoms with Crippen LogP contribution < -0.4 is 19.7 Å². The van der Waals surface area contributed by atoms with Crippen LogP contribution in [0.15, 0.2) is 72.9 Å². The quantitative estimate of drug-likeness (QED) is 0.182. The molecule has 252 valence electrons. The maximum atomic E-state index is 15.2. The molecule has 0 spiro atoms. The Bertz CT molecular complexity index is 2020. The van der Waals surface area contributed by atoms with E-state index >= 15 is 4.39 Å². The molecule has 0 radical (unpaired) electrons. The van der Waals surface area contributed by atoms with Gasteiger partial charge in [0, 0.05) is 36.6 Å². The van der Waals surface area contributed by atoms with Gasteiger partial charge in [0.1, 0.15) is 29.7 Å².